The van der Waals surface area contributed by atoms with Crippen LogP contribution < -0.4 is 5.73 Å². The number of esters is 1. The molecule has 0 aliphatic carbocycles. The predicted octanol–water partition coefficient (Wildman–Crippen LogP) is 2.28. The van der Waals surface area contributed by atoms with Crippen LogP contribution in [-0.2, 0) is 4.74 Å². The Kier molecular flexibility index (Phi) is 3.52. The van der Waals surface area contributed by atoms with Crippen LogP contribution in [0, 0.1) is 11.6 Å². The molecule has 0 radical (unpaired) electrons. The van der Waals surface area contributed by atoms with E-state index in [4.69, 9.17) is 5.73 Å². The molecule has 5 nitrogen and oxygen atoms in total. The van der Waals surface area contributed by atoms with Gasteiger partial charge in [-0.3, -0.25) is 4.57 Å². The lowest BCUT2D eigenvalue weighted by molar-refractivity contribution is 0.0596. The summed E-state index contributed by atoms with van der Waals surface area (Å²) in [5.74, 6) is -2.67. The highest BCUT2D eigenvalue weighted by atomic mass is 79.9. The number of hydrogen-bond donors (Lipinski definition) is 1. The summed E-state index contributed by atoms with van der Waals surface area (Å²) < 4.78 is 33.2. The molecule has 0 amide bonds. The first kappa shape index (κ1) is 13.5. The van der Waals surface area contributed by atoms with E-state index < -0.39 is 23.3 Å². The van der Waals surface area contributed by atoms with Crippen LogP contribution in [0.3, 0.4) is 0 Å². The van der Waals surface area contributed by atoms with Crippen molar-refractivity contribution in [2.45, 2.75) is 0 Å². The Bertz CT molecular complexity index is 634. The first-order valence-electron chi connectivity index (χ1n) is 5.01. The van der Waals surface area contributed by atoms with Crippen molar-refractivity contribution in [3.63, 3.8) is 0 Å². The number of ether oxygens (including phenoxy) is 1. The first-order valence-corrected chi connectivity index (χ1v) is 5.81. The van der Waals surface area contributed by atoms with Crippen LogP contribution in [0.5, 0.6) is 0 Å². The number of nitrogen functional groups attached to an aromatic ring is 1. The molecule has 0 atom stereocenters. The molecule has 0 aliphatic heterocycles. The molecule has 0 bridgehead atoms. The largest absolute Gasteiger partial charge is 0.464 e. The van der Waals surface area contributed by atoms with Crippen molar-refractivity contribution in [2.75, 3.05) is 12.8 Å². The molecule has 2 aromatic rings. The zero-order valence-electron chi connectivity index (χ0n) is 9.65. The number of benzene rings is 1. The van der Waals surface area contributed by atoms with Crippen LogP contribution in [0.15, 0.2) is 22.9 Å². The number of halogens is 3. The molecule has 100 valence electrons. The minimum atomic E-state index is -0.840. The monoisotopic (exact) mass is 331 g/mol. The van der Waals surface area contributed by atoms with Gasteiger partial charge in [-0.15, -0.1) is 0 Å². The number of rotatable bonds is 2. The highest BCUT2D eigenvalue weighted by Gasteiger charge is 2.21. The van der Waals surface area contributed by atoms with E-state index in [1.54, 1.807) is 0 Å². The topological polar surface area (TPSA) is 70.1 Å². The number of carbonyl (C=O) groups is 1. The Morgan fingerprint density at radius 1 is 1.42 bits per heavy atom. The first-order chi connectivity index (χ1) is 8.95. The van der Waals surface area contributed by atoms with Crippen LogP contribution in [-0.4, -0.2) is 22.6 Å². The molecule has 0 saturated heterocycles. The summed E-state index contributed by atoms with van der Waals surface area (Å²) >= 11 is 2.97. The number of imidazole rings is 1. The van der Waals surface area contributed by atoms with Gasteiger partial charge in [0.2, 0.25) is 0 Å². The second kappa shape index (κ2) is 4.96. The van der Waals surface area contributed by atoms with Gasteiger partial charge in [0, 0.05) is 4.47 Å². The van der Waals surface area contributed by atoms with E-state index in [0.29, 0.717) is 0 Å². The van der Waals surface area contributed by atoms with E-state index in [1.807, 2.05) is 0 Å². The van der Waals surface area contributed by atoms with Crippen LogP contribution in [0.25, 0.3) is 5.69 Å². The fourth-order valence-electron chi connectivity index (χ4n) is 1.55. The zero-order valence-corrected chi connectivity index (χ0v) is 11.2. The van der Waals surface area contributed by atoms with Crippen LogP contribution in [0.4, 0.5) is 14.6 Å². The summed E-state index contributed by atoms with van der Waals surface area (Å²) in [6, 6.07) is 2.16. The predicted molar refractivity (Wildman–Crippen MR) is 66.9 cm³/mol. The van der Waals surface area contributed by atoms with Gasteiger partial charge in [0.25, 0.3) is 0 Å². The maximum Gasteiger partial charge on any atom is 0.360 e. The molecule has 0 aliphatic rings. The summed E-state index contributed by atoms with van der Waals surface area (Å²) in [5, 5.41) is 0. The molecule has 19 heavy (non-hydrogen) atoms. The Morgan fingerprint density at radius 2 is 2.00 bits per heavy atom. The van der Waals surface area contributed by atoms with Gasteiger partial charge in [-0.1, -0.05) is 15.9 Å². The van der Waals surface area contributed by atoms with Crippen molar-refractivity contribution < 1.29 is 18.3 Å². The minimum absolute atomic E-state index is 0.202. The van der Waals surface area contributed by atoms with E-state index in [9.17, 15) is 13.6 Å². The maximum atomic E-state index is 13.8. The third-order valence-corrected chi connectivity index (χ3v) is 2.86. The quantitative estimate of drug-likeness (QED) is 0.857. The van der Waals surface area contributed by atoms with E-state index in [-0.39, 0.29) is 16.0 Å². The van der Waals surface area contributed by atoms with Crippen LogP contribution >= 0.6 is 15.9 Å². The zero-order chi connectivity index (χ0) is 14.2. The molecule has 2 rings (SSSR count). The van der Waals surface area contributed by atoms with Crippen LogP contribution in [0.2, 0.25) is 0 Å². The van der Waals surface area contributed by atoms with E-state index in [1.165, 1.54) is 0 Å². The second-order valence-electron chi connectivity index (χ2n) is 3.56. The van der Waals surface area contributed by atoms with Gasteiger partial charge in [-0.2, -0.15) is 0 Å². The summed E-state index contributed by atoms with van der Waals surface area (Å²) in [7, 11) is 1.15. The third kappa shape index (κ3) is 2.30. The number of nitrogens with zero attached hydrogens (tertiary/aromatic N) is 2. The smallest absolute Gasteiger partial charge is 0.360 e. The summed E-state index contributed by atoms with van der Waals surface area (Å²) in [4.78, 5) is 15.0. The highest BCUT2D eigenvalue weighted by molar-refractivity contribution is 9.10. The number of aromatic nitrogens is 2. The average molecular weight is 332 g/mol. The SMILES string of the molecule is COC(=O)c1ncn(-c2c(F)cc(Br)cc2F)c1N. The molecule has 0 fully saturated rings. The van der Waals surface area contributed by atoms with Crippen molar-refractivity contribution in [3.8, 4) is 5.69 Å². The molecule has 0 unspecified atom stereocenters. The van der Waals surface area contributed by atoms with E-state index >= 15 is 0 Å². The Hall–Kier alpha value is -1.96. The van der Waals surface area contributed by atoms with Crippen molar-refractivity contribution in [2.24, 2.45) is 0 Å². The maximum absolute atomic E-state index is 13.8. The van der Waals surface area contributed by atoms with Gasteiger partial charge < -0.3 is 10.5 Å². The molecular formula is C11H8BrF2N3O2. The van der Waals surface area contributed by atoms with E-state index in [0.717, 1.165) is 30.1 Å². The summed E-state index contributed by atoms with van der Waals surface area (Å²) in [6.45, 7) is 0. The van der Waals surface area contributed by atoms with Crippen molar-refractivity contribution in [1.29, 1.82) is 0 Å². The average Bonchev–Trinajstić information content (AvgIpc) is 2.69. The molecule has 1 aromatic carbocycles. The number of nitrogens with two attached hydrogens (primary N) is 1. The van der Waals surface area contributed by atoms with Gasteiger partial charge >= 0.3 is 5.97 Å². The van der Waals surface area contributed by atoms with Gasteiger partial charge in [0.1, 0.15) is 17.8 Å². The Labute approximate surface area is 115 Å². The van der Waals surface area contributed by atoms with Gasteiger partial charge in [0.15, 0.2) is 17.3 Å². The molecule has 2 N–H and O–H groups in total. The minimum Gasteiger partial charge on any atom is -0.464 e. The van der Waals surface area contributed by atoms with Gasteiger partial charge in [-0.25, -0.2) is 18.6 Å². The lowest BCUT2D eigenvalue weighted by atomic mass is 10.3. The van der Waals surface area contributed by atoms with Gasteiger partial charge in [-0.05, 0) is 12.1 Å². The van der Waals surface area contributed by atoms with Crippen molar-refractivity contribution in [3.05, 3.63) is 40.3 Å². The Morgan fingerprint density at radius 3 is 2.53 bits per heavy atom. The highest BCUT2D eigenvalue weighted by Crippen LogP contribution is 2.26. The normalized spacial score (nSPS) is 10.5. The molecule has 8 heteroatoms. The van der Waals surface area contributed by atoms with E-state index in [2.05, 4.69) is 25.7 Å². The number of carbonyl (C=O) groups excluding carboxylic acids is 1. The molecule has 0 saturated carbocycles. The number of methoxy groups -OCH3 is 1. The lowest BCUT2D eigenvalue weighted by Gasteiger charge is -2.08. The van der Waals surface area contributed by atoms with Crippen molar-refractivity contribution >= 4 is 27.7 Å². The molecular weight excluding hydrogens is 324 g/mol. The molecule has 0 spiro atoms. The summed E-state index contributed by atoms with van der Waals surface area (Å²) in [5.41, 5.74) is 5.02. The van der Waals surface area contributed by atoms with Crippen LogP contribution in [0.1, 0.15) is 10.5 Å². The fourth-order valence-corrected chi connectivity index (χ4v) is 1.96. The second-order valence-corrected chi connectivity index (χ2v) is 4.47. The lowest BCUT2D eigenvalue weighted by Crippen LogP contribution is -2.09. The van der Waals surface area contributed by atoms with Gasteiger partial charge in [0.05, 0.1) is 7.11 Å². The number of anilines is 1. The number of hydrogen-bond acceptors (Lipinski definition) is 4. The standard InChI is InChI=1S/C11H8BrF2N3O2/c1-19-11(18)8-10(15)17(4-16-8)9-6(13)2-5(12)3-7(9)14/h2-4H,15H2,1H3. The fraction of sp³-hybridized carbons (Fsp3) is 0.0909. The summed E-state index contributed by atoms with van der Waals surface area (Å²) in [6.07, 6.45) is 1.05. The van der Waals surface area contributed by atoms with Crippen molar-refractivity contribution in [1.82, 2.24) is 9.55 Å². The third-order valence-electron chi connectivity index (χ3n) is 2.41. The Balaban J connectivity index is 2.61. The molecule has 1 heterocycles. The molecule has 1 aromatic heterocycles.